The van der Waals surface area contributed by atoms with E-state index in [0.29, 0.717) is 27.5 Å². The maximum Gasteiger partial charge on any atom is 0.229 e. The highest BCUT2D eigenvalue weighted by molar-refractivity contribution is 6.36. The maximum absolute atomic E-state index is 6.17. The molecule has 0 unspecified atom stereocenters. The van der Waals surface area contributed by atoms with Gasteiger partial charge in [0.25, 0.3) is 0 Å². The lowest BCUT2D eigenvalue weighted by Crippen LogP contribution is -2.05. The Bertz CT molecular complexity index is 885. The zero-order chi connectivity index (χ0) is 18.5. The molecule has 0 bridgehead atoms. The summed E-state index contributed by atoms with van der Waals surface area (Å²) in [5.41, 5.74) is 1.58. The molecule has 0 spiro atoms. The summed E-state index contributed by atoms with van der Waals surface area (Å²) in [6.45, 7) is 3.99. The fraction of sp³-hybridized carbons (Fsp3) is 0.158. The van der Waals surface area contributed by atoms with Crippen molar-refractivity contribution in [3.05, 3.63) is 64.8 Å². The Morgan fingerprint density at radius 1 is 0.962 bits per heavy atom. The van der Waals surface area contributed by atoms with Crippen LogP contribution < -0.4 is 15.4 Å². The Hall–Kier alpha value is -2.50. The SMILES string of the molecule is CC(C)Oc1ccc(Nc2ccnc(Nc3ccc(Cl)cc3Cl)n2)cc1. The van der Waals surface area contributed by atoms with Crippen LogP contribution in [0.25, 0.3) is 0 Å². The quantitative estimate of drug-likeness (QED) is 0.537. The molecule has 0 aliphatic carbocycles. The smallest absolute Gasteiger partial charge is 0.229 e. The summed E-state index contributed by atoms with van der Waals surface area (Å²) in [5, 5.41) is 7.39. The second kappa shape index (κ2) is 8.25. The predicted molar refractivity (Wildman–Crippen MR) is 107 cm³/mol. The molecular formula is C19H18Cl2N4O. The van der Waals surface area contributed by atoms with Gasteiger partial charge in [0.15, 0.2) is 0 Å². The largest absolute Gasteiger partial charge is 0.491 e. The molecule has 0 saturated carbocycles. The number of anilines is 4. The third-order valence-corrected chi connectivity index (χ3v) is 3.88. The number of nitrogens with one attached hydrogen (secondary N) is 2. The van der Waals surface area contributed by atoms with Gasteiger partial charge in [-0.2, -0.15) is 4.98 Å². The fourth-order valence-corrected chi connectivity index (χ4v) is 2.69. The molecule has 134 valence electrons. The molecule has 1 heterocycles. The molecule has 0 radical (unpaired) electrons. The average Bonchev–Trinajstić information content (AvgIpc) is 2.59. The Labute approximate surface area is 162 Å². The van der Waals surface area contributed by atoms with Crippen molar-refractivity contribution in [1.29, 1.82) is 0 Å². The van der Waals surface area contributed by atoms with E-state index in [1.54, 1.807) is 30.5 Å². The van der Waals surface area contributed by atoms with Crippen molar-refractivity contribution in [2.45, 2.75) is 20.0 Å². The van der Waals surface area contributed by atoms with E-state index in [1.807, 2.05) is 38.1 Å². The third kappa shape index (κ3) is 5.00. The van der Waals surface area contributed by atoms with E-state index in [0.717, 1.165) is 11.4 Å². The lowest BCUT2D eigenvalue weighted by atomic mass is 10.3. The van der Waals surface area contributed by atoms with Gasteiger partial charge in [0.05, 0.1) is 16.8 Å². The van der Waals surface area contributed by atoms with Gasteiger partial charge < -0.3 is 15.4 Å². The Morgan fingerprint density at radius 2 is 1.73 bits per heavy atom. The Morgan fingerprint density at radius 3 is 2.42 bits per heavy atom. The number of nitrogens with zero attached hydrogens (tertiary/aromatic N) is 2. The van der Waals surface area contributed by atoms with Crippen molar-refractivity contribution in [1.82, 2.24) is 9.97 Å². The average molecular weight is 389 g/mol. The monoisotopic (exact) mass is 388 g/mol. The second-order valence-corrected chi connectivity index (χ2v) is 6.67. The number of hydrogen-bond donors (Lipinski definition) is 2. The molecule has 0 atom stereocenters. The van der Waals surface area contributed by atoms with E-state index in [1.165, 1.54) is 0 Å². The molecule has 26 heavy (non-hydrogen) atoms. The lowest BCUT2D eigenvalue weighted by molar-refractivity contribution is 0.242. The summed E-state index contributed by atoms with van der Waals surface area (Å²) in [6.07, 6.45) is 1.81. The van der Waals surface area contributed by atoms with Gasteiger partial charge in [0, 0.05) is 16.9 Å². The van der Waals surface area contributed by atoms with Gasteiger partial charge in [-0.25, -0.2) is 4.98 Å². The molecule has 2 aromatic carbocycles. The van der Waals surface area contributed by atoms with Gasteiger partial charge >= 0.3 is 0 Å². The van der Waals surface area contributed by atoms with Gasteiger partial charge in [-0.05, 0) is 62.4 Å². The van der Waals surface area contributed by atoms with Crippen molar-refractivity contribution in [2.75, 3.05) is 10.6 Å². The zero-order valence-electron chi connectivity index (χ0n) is 14.3. The first-order chi connectivity index (χ1) is 12.5. The van der Waals surface area contributed by atoms with Crippen LogP contribution in [0.3, 0.4) is 0 Å². The highest BCUT2D eigenvalue weighted by atomic mass is 35.5. The molecule has 0 fully saturated rings. The number of halogens is 2. The molecule has 1 aromatic heterocycles. The Balaban J connectivity index is 1.71. The van der Waals surface area contributed by atoms with Gasteiger partial charge in [0.1, 0.15) is 11.6 Å². The van der Waals surface area contributed by atoms with Gasteiger partial charge in [0.2, 0.25) is 5.95 Å². The molecule has 7 heteroatoms. The van der Waals surface area contributed by atoms with Crippen molar-refractivity contribution in [3.8, 4) is 5.75 Å². The van der Waals surface area contributed by atoms with E-state index < -0.39 is 0 Å². The first-order valence-corrected chi connectivity index (χ1v) is 8.84. The molecule has 0 saturated heterocycles. The first kappa shape index (κ1) is 18.3. The number of hydrogen-bond acceptors (Lipinski definition) is 5. The summed E-state index contributed by atoms with van der Waals surface area (Å²) in [4.78, 5) is 8.65. The van der Waals surface area contributed by atoms with Crippen molar-refractivity contribution >= 4 is 46.3 Å². The molecule has 5 nitrogen and oxygen atoms in total. The lowest BCUT2D eigenvalue weighted by Gasteiger charge is -2.11. The van der Waals surface area contributed by atoms with Crippen LogP contribution in [-0.2, 0) is 0 Å². The molecule has 2 N–H and O–H groups in total. The van der Waals surface area contributed by atoms with Crippen LogP contribution in [0.15, 0.2) is 54.7 Å². The summed E-state index contributed by atoms with van der Waals surface area (Å²) in [5.74, 6) is 1.91. The van der Waals surface area contributed by atoms with Gasteiger partial charge in [-0.3, -0.25) is 0 Å². The maximum atomic E-state index is 6.17. The predicted octanol–water partition coefficient (Wildman–Crippen LogP) is 6.06. The van der Waals surface area contributed by atoms with E-state index >= 15 is 0 Å². The van der Waals surface area contributed by atoms with E-state index in [4.69, 9.17) is 27.9 Å². The van der Waals surface area contributed by atoms with Crippen LogP contribution >= 0.6 is 23.2 Å². The van der Waals surface area contributed by atoms with Crippen LogP contribution in [0, 0.1) is 0 Å². The minimum Gasteiger partial charge on any atom is -0.491 e. The topological polar surface area (TPSA) is 59.1 Å². The minimum absolute atomic E-state index is 0.143. The van der Waals surface area contributed by atoms with Crippen LogP contribution in [0.1, 0.15) is 13.8 Å². The van der Waals surface area contributed by atoms with Crippen molar-refractivity contribution in [3.63, 3.8) is 0 Å². The van der Waals surface area contributed by atoms with Crippen molar-refractivity contribution in [2.24, 2.45) is 0 Å². The van der Waals surface area contributed by atoms with Gasteiger partial charge in [-0.15, -0.1) is 0 Å². The van der Waals surface area contributed by atoms with E-state index in [9.17, 15) is 0 Å². The van der Waals surface area contributed by atoms with Crippen LogP contribution in [0.4, 0.5) is 23.1 Å². The fourth-order valence-electron chi connectivity index (χ4n) is 2.24. The summed E-state index contributed by atoms with van der Waals surface area (Å²) >= 11 is 12.1. The minimum atomic E-state index is 0.143. The first-order valence-electron chi connectivity index (χ1n) is 8.08. The highest BCUT2D eigenvalue weighted by Crippen LogP contribution is 2.27. The van der Waals surface area contributed by atoms with E-state index in [2.05, 4.69) is 20.6 Å². The third-order valence-electron chi connectivity index (χ3n) is 3.33. The molecule has 0 amide bonds. The molecule has 3 rings (SSSR count). The number of rotatable bonds is 6. The zero-order valence-corrected chi connectivity index (χ0v) is 15.8. The molecule has 0 aliphatic heterocycles. The highest BCUT2D eigenvalue weighted by Gasteiger charge is 2.05. The van der Waals surface area contributed by atoms with Crippen LogP contribution in [0.2, 0.25) is 10.0 Å². The molecule has 3 aromatic rings. The van der Waals surface area contributed by atoms with Crippen LogP contribution in [-0.4, -0.2) is 16.1 Å². The van der Waals surface area contributed by atoms with Crippen molar-refractivity contribution < 1.29 is 4.74 Å². The summed E-state index contributed by atoms with van der Waals surface area (Å²) in [7, 11) is 0. The molecule has 0 aliphatic rings. The number of benzene rings is 2. The van der Waals surface area contributed by atoms with Crippen LogP contribution in [0.5, 0.6) is 5.75 Å². The number of ether oxygens (including phenoxy) is 1. The normalized spacial score (nSPS) is 10.7. The van der Waals surface area contributed by atoms with Gasteiger partial charge in [-0.1, -0.05) is 23.2 Å². The second-order valence-electron chi connectivity index (χ2n) is 5.83. The number of aromatic nitrogens is 2. The Kier molecular flexibility index (Phi) is 5.81. The van der Waals surface area contributed by atoms with E-state index in [-0.39, 0.29) is 6.10 Å². The summed E-state index contributed by atoms with van der Waals surface area (Å²) < 4.78 is 5.64. The molecular weight excluding hydrogens is 371 g/mol. The standard InChI is InChI=1S/C19H18Cl2N4O/c1-12(2)26-15-6-4-14(5-7-15)23-18-9-10-22-19(25-18)24-17-8-3-13(20)11-16(17)21/h3-12H,1-2H3,(H2,22,23,24,25). The summed E-state index contributed by atoms with van der Waals surface area (Å²) in [6, 6.07) is 14.7.